The molecule has 0 radical (unpaired) electrons. The molecule has 8 heteroatoms. The van der Waals surface area contributed by atoms with Crippen LogP contribution in [0, 0.1) is 18.8 Å². The number of carbonyl (C=O) groups excluding carboxylic acids is 1. The molecule has 2 rings (SSSR count). The largest absolute Gasteiger partial charge is 0.348 e. The SMILES string of the molecule is CCCn1cc(C(=O)N[C@@H]2CN(S(C)(=O)=O)C[C@H]2C(C)C)c(C)n1. The molecule has 1 aromatic heterocycles. The first-order valence-corrected chi connectivity index (χ1v) is 10.3. The molecule has 2 heterocycles. The number of carbonyl (C=O) groups is 1. The molecule has 1 aliphatic rings. The zero-order valence-corrected chi connectivity index (χ0v) is 15.9. The van der Waals surface area contributed by atoms with Gasteiger partial charge < -0.3 is 5.32 Å². The molecule has 1 aromatic rings. The van der Waals surface area contributed by atoms with Crippen molar-refractivity contribution in [2.24, 2.45) is 11.8 Å². The third-order valence-electron chi connectivity index (χ3n) is 4.62. The lowest BCUT2D eigenvalue weighted by molar-refractivity contribution is 0.0925. The van der Waals surface area contributed by atoms with Crippen LogP contribution in [0.4, 0.5) is 0 Å². The van der Waals surface area contributed by atoms with E-state index in [1.54, 1.807) is 10.9 Å². The minimum Gasteiger partial charge on any atom is -0.348 e. The quantitative estimate of drug-likeness (QED) is 0.831. The maximum atomic E-state index is 12.6. The van der Waals surface area contributed by atoms with Crippen LogP contribution in [-0.4, -0.2) is 53.8 Å². The number of amides is 1. The number of sulfonamides is 1. The van der Waals surface area contributed by atoms with Crippen molar-refractivity contribution in [2.45, 2.75) is 46.7 Å². The van der Waals surface area contributed by atoms with Crippen LogP contribution in [0.1, 0.15) is 43.2 Å². The van der Waals surface area contributed by atoms with Crippen molar-refractivity contribution in [2.75, 3.05) is 19.3 Å². The maximum Gasteiger partial charge on any atom is 0.255 e. The predicted octanol–water partition coefficient (Wildman–Crippen LogP) is 1.25. The van der Waals surface area contributed by atoms with Gasteiger partial charge in [0.25, 0.3) is 5.91 Å². The van der Waals surface area contributed by atoms with Crippen molar-refractivity contribution >= 4 is 15.9 Å². The average Bonchev–Trinajstić information content (AvgIpc) is 3.02. The highest BCUT2D eigenvalue weighted by molar-refractivity contribution is 7.88. The summed E-state index contributed by atoms with van der Waals surface area (Å²) in [6.07, 6.45) is 3.93. The van der Waals surface area contributed by atoms with Crippen LogP contribution in [0.5, 0.6) is 0 Å². The fourth-order valence-corrected chi connectivity index (χ4v) is 4.10. The summed E-state index contributed by atoms with van der Waals surface area (Å²) >= 11 is 0. The molecule has 1 N–H and O–H groups in total. The van der Waals surface area contributed by atoms with E-state index in [0.29, 0.717) is 24.3 Å². The van der Waals surface area contributed by atoms with Gasteiger partial charge in [0.15, 0.2) is 0 Å². The number of hydrogen-bond acceptors (Lipinski definition) is 4. The Morgan fingerprint density at radius 2 is 2.08 bits per heavy atom. The second-order valence-electron chi connectivity index (χ2n) is 6.96. The van der Waals surface area contributed by atoms with E-state index in [4.69, 9.17) is 0 Å². The summed E-state index contributed by atoms with van der Waals surface area (Å²) in [5.41, 5.74) is 1.25. The van der Waals surface area contributed by atoms with Crippen LogP contribution >= 0.6 is 0 Å². The van der Waals surface area contributed by atoms with Crippen molar-refractivity contribution < 1.29 is 13.2 Å². The summed E-state index contributed by atoms with van der Waals surface area (Å²) in [7, 11) is -3.25. The molecule has 136 valence electrons. The summed E-state index contributed by atoms with van der Waals surface area (Å²) in [4.78, 5) is 12.6. The summed E-state index contributed by atoms with van der Waals surface area (Å²) < 4.78 is 26.9. The Hall–Kier alpha value is -1.41. The Morgan fingerprint density at radius 1 is 1.42 bits per heavy atom. The fourth-order valence-electron chi connectivity index (χ4n) is 3.22. The van der Waals surface area contributed by atoms with Gasteiger partial charge in [0.1, 0.15) is 0 Å². The van der Waals surface area contributed by atoms with Crippen molar-refractivity contribution in [1.82, 2.24) is 19.4 Å². The van der Waals surface area contributed by atoms with Gasteiger partial charge in [-0.05, 0) is 25.2 Å². The lowest BCUT2D eigenvalue weighted by Crippen LogP contribution is -2.42. The van der Waals surface area contributed by atoms with Gasteiger partial charge in [-0.2, -0.15) is 9.40 Å². The van der Waals surface area contributed by atoms with Gasteiger partial charge in [-0.25, -0.2) is 8.42 Å². The average molecular weight is 356 g/mol. The number of nitrogens with zero attached hydrogens (tertiary/aromatic N) is 3. The number of hydrogen-bond donors (Lipinski definition) is 1. The molecule has 1 saturated heterocycles. The molecule has 1 aliphatic heterocycles. The summed E-state index contributed by atoms with van der Waals surface area (Å²) in [5.74, 6) is 0.210. The highest BCUT2D eigenvalue weighted by Crippen LogP contribution is 2.26. The molecule has 0 bridgehead atoms. The Bertz CT molecular complexity index is 696. The molecule has 0 saturated carbocycles. The standard InChI is InChI=1S/C16H28N4O3S/c1-6-7-19-8-14(12(4)18-19)16(21)17-15-10-20(24(5,22)23)9-13(15)11(2)3/h8,11,13,15H,6-7,9-10H2,1-5H3,(H,17,21)/t13-,15+/m0/s1. The van der Waals surface area contributed by atoms with Gasteiger partial charge in [0.2, 0.25) is 10.0 Å². The summed E-state index contributed by atoms with van der Waals surface area (Å²) in [6.45, 7) is 9.54. The Morgan fingerprint density at radius 3 is 2.62 bits per heavy atom. The maximum absolute atomic E-state index is 12.6. The minimum absolute atomic E-state index is 0.106. The first-order valence-electron chi connectivity index (χ1n) is 8.43. The van der Waals surface area contributed by atoms with Crippen molar-refractivity contribution in [1.29, 1.82) is 0 Å². The van der Waals surface area contributed by atoms with Crippen LogP contribution in [0.25, 0.3) is 0 Å². The first kappa shape index (κ1) is 18.9. The molecular weight excluding hydrogens is 328 g/mol. The van der Waals surface area contributed by atoms with E-state index in [9.17, 15) is 13.2 Å². The summed E-state index contributed by atoms with van der Waals surface area (Å²) in [5, 5.41) is 7.38. The van der Waals surface area contributed by atoms with Crippen molar-refractivity contribution in [3.05, 3.63) is 17.5 Å². The van der Waals surface area contributed by atoms with E-state index in [1.165, 1.54) is 10.6 Å². The van der Waals surface area contributed by atoms with E-state index < -0.39 is 10.0 Å². The number of aryl methyl sites for hydroxylation is 2. The molecule has 0 aliphatic carbocycles. The predicted molar refractivity (Wildman–Crippen MR) is 93.3 cm³/mol. The highest BCUT2D eigenvalue weighted by Gasteiger charge is 2.39. The molecule has 24 heavy (non-hydrogen) atoms. The number of nitrogens with one attached hydrogen (secondary N) is 1. The van der Waals surface area contributed by atoms with Crippen molar-refractivity contribution in [3.8, 4) is 0 Å². The second kappa shape index (κ2) is 7.23. The lowest BCUT2D eigenvalue weighted by atomic mass is 9.91. The smallest absolute Gasteiger partial charge is 0.255 e. The van der Waals surface area contributed by atoms with E-state index in [-0.39, 0.29) is 23.8 Å². The molecule has 0 spiro atoms. The molecule has 1 amide bonds. The lowest BCUT2D eigenvalue weighted by Gasteiger charge is -2.22. The van der Waals surface area contributed by atoms with Gasteiger partial charge in [-0.1, -0.05) is 20.8 Å². The van der Waals surface area contributed by atoms with Gasteiger partial charge in [0.05, 0.1) is 17.5 Å². The minimum atomic E-state index is -3.25. The van der Waals surface area contributed by atoms with E-state index in [2.05, 4.69) is 31.2 Å². The fraction of sp³-hybridized carbons (Fsp3) is 0.750. The monoisotopic (exact) mass is 356 g/mol. The van der Waals surface area contributed by atoms with Crippen LogP contribution < -0.4 is 5.32 Å². The van der Waals surface area contributed by atoms with E-state index >= 15 is 0 Å². The first-order chi connectivity index (χ1) is 11.1. The molecular formula is C16H28N4O3S. The second-order valence-corrected chi connectivity index (χ2v) is 8.94. The van der Waals surface area contributed by atoms with Gasteiger partial charge >= 0.3 is 0 Å². The van der Waals surface area contributed by atoms with E-state index in [0.717, 1.165) is 13.0 Å². The Kier molecular flexibility index (Phi) is 5.70. The molecule has 1 fully saturated rings. The van der Waals surface area contributed by atoms with Gasteiger partial charge in [-0.15, -0.1) is 0 Å². The third-order valence-corrected chi connectivity index (χ3v) is 5.85. The van der Waals surface area contributed by atoms with Gasteiger partial charge in [0, 0.05) is 31.9 Å². The van der Waals surface area contributed by atoms with Gasteiger partial charge in [-0.3, -0.25) is 9.48 Å². The third kappa shape index (κ3) is 4.16. The van der Waals surface area contributed by atoms with Crippen LogP contribution in [-0.2, 0) is 16.6 Å². The number of rotatable bonds is 6. The zero-order chi connectivity index (χ0) is 18.1. The molecule has 0 unspecified atom stereocenters. The van der Waals surface area contributed by atoms with E-state index in [1.807, 2.05) is 6.92 Å². The molecule has 0 aromatic carbocycles. The Labute approximate surface area is 144 Å². The Balaban J connectivity index is 2.14. The van der Waals surface area contributed by atoms with Crippen LogP contribution in [0.3, 0.4) is 0 Å². The van der Waals surface area contributed by atoms with Crippen LogP contribution in [0.15, 0.2) is 6.20 Å². The van der Waals surface area contributed by atoms with Crippen LogP contribution in [0.2, 0.25) is 0 Å². The van der Waals surface area contributed by atoms with Crippen molar-refractivity contribution in [3.63, 3.8) is 0 Å². The topological polar surface area (TPSA) is 84.3 Å². The molecule has 2 atom stereocenters. The zero-order valence-electron chi connectivity index (χ0n) is 15.1. The highest BCUT2D eigenvalue weighted by atomic mass is 32.2. The molecule has 7 nitrogen and oxygen atoms in total. The summed E-state index contributed by atoms with van der Waals surface area (Å²) in [6, 6.07) is -0.179. The normalized spacial score (nSPS) is 22.2. The number of aromatic nitrogens is 2.